The number of urea groups is 1. The molecule has 1 rings (SSSR count). The molecule has 0 spiro atoms. The Bertz CT molecular complexity index is 242. The highest BCUT2D eigenvalue weighted by Gasteiger charge is 2.47. The lowest BCUT2D eigenvalue weighted by Gasteiger charge is -2.29. The smallest absolute Gasteiger partial charge is 0.325 e. The minimum atomic E-state index is -0.792. The van der Waals surface area contributed by atoms with E-state index in [-0.39, 0.29) is 19.1 Å². The molecule has 1 unspecified atom stereocenters. The normalized spacial score (nSPS) is 28.1. The number of carbonyl (C=O) groups excluding carboxylic acids is 2. The predicted octanol–water partition coefficient (Wildman–Crippen LogP) is -0.301. The van der Waals surface area contributed by atoms with Gasteiger partial charge in [-0.05, 0) is 13.3 Å². The van der Waals surface area contributed by atoms with Crippen LogP contribution in [0.2, 0.25) is 0 Å². The minimum Gasteiger partial charge on any atom is -0.395 e. The Morgan fingerprint density at radius 3 is 2.62 bits per heavy atom. The van der Waals surface area contributed by atoms with Crippen molar-refractivity contribution in [3.05, 3.63) is 0 Å². The van der Waals surface area contributed by atoms with Crippen molar-refractivity contribution in [3.63, 3.8) is 0 Å². The van der Waals surface area contributed by atoms with E-state index in [1.54, 1.807) is 6.92 Å². The standard InChI is InChI=1S/C8H14N2O3/c1-3-8(2)6(12)9-7(13)10(8)4-5-11/h11H,3-5H2,1-2H3,(H,9,12,13). The van der Waals surface area contributed by atoms with Crippen LogP contribution in [-0.2, 0) is 4.79 Å². The van der Waals surface area contributed by atoms with E-state index in [0.717, 1.165) is 0 Å². The van der Waals surface area contributed by atoms with Crippen molar-refractivity contribution in [1.82, 2.24) is 10.2 Å². The van der Waals surface area contributed by atoms with Crippen LogP contribution in [0.25, 0.3) is 0 Å². The lowest BCUT2D eigenvalue weighted by molar-refractivity contribution is -0.126. The highest BCUT2D eigenvalue weighted by atomic mass is 16.3. The number of rotatable bonds is 3. The van der Waals surface area contributed by atoms with Crippen LogP contribution in [0.15, 0.2) is 0 Å². The highest BCUT2D eigenvalue weighted by Crippen LogP contribution is 2.24. The molecular weight excluding hydrogens is 172 g/mol. The van der Waals surface area contributed by atoms with Crippen molar-refractivity contribution in [1.29, 1.82) is 0 Å². The molecule has 0 saturated carbocycles. The van der Waals surface area contributed by atoms with Crippen LogP contribution in [0.1, 0.15) is 20.3 Å². The van der Waals surface area contributed by atoms with Crippen molar-refractivity contribution in [2.45, 2.75) is 25.8 Å². The second kappa shape index (κ2) is 3.33. The van der Waals surface area contributed by atoms with Gasteiger partial charge in [0.2, 0.25) is 0 Å². The Morgan fingerprint density at radius 1 is 1.54 bits per heavy atom. The fourth-order valence-electron chi connectivity index (χ4n) is 1.45. The number of hydrogen-bond acceptors (Lipinski definition) is 3. The van der Waals surface area contributed by atoms with E-state index < -0.39 is 11.6 Å². The lowest BCUT2D eigenvalue weighted by atomic mass is 9.97. The van der Waals surface area contributed by atoms with Crippen LogP contribution in [0.3, 0.4) is 0 Å². The molecule has 1 aliphatic heterocycles. The van der Waals surface area contributed by atoms with Gasteiger partial charge in [0.15, 0.2) is 0 Å². The Labute approximate surface area is 76.7 Å². The van der Waals surface area contributed by atoms with E-state index in [4.69, 9.17) is 5.11 Å². The summed E-state index contributed by atoms with van der Waals surface area (Å²) in [6.07, 6.45) is 0.546. The summed E-state index contributed by atoms with van der Waals surface area (Å²) in [7, 11) is 0. The van der Waals surface area contributed by atoms with E-state index in [1.807, 2.05) is 6.92 Å². The molecule has 0 radical (unpaired) electrons. The van der Waals surface area contributed by atoms with Crippen LogP contribution in [0, 0.1) is 0 Å². The van der Waals surface area contributed by atoms with Crippen LogP contribution >= 0.6 is 0 Å². The summed E-state index contributed by atoms with van der Waals surface area (Å²) in [6.45, 7) is 3.60. The number of nitrogens with zero attached hydrogens (tertiary/aromatic N) is 1. The molecule has 5 nitrogen and oxygen atoms in total. The minimum absolute atomic E-state index is 0.129. The number of nitrogens with one attached hydrogen (secondary N) is 1. The number of aliphatic hydroxyl groups is 1. The maximum absolute atomic E-state index is 11.4. The number of imide groups is 1. The largest absolute Gasteiger partial charge is 0.395 e. The molecule has 1 fully saturated rings. The summed E-state index contributed by atoms with van der Waals surface area (Å²) in [6, 6.07) is -0.414. The van der Waals surface area contributed by atoms with Crippen molar-refractivity contribution in [2.24, 2.45) is 0 Å². The molecule has 2 N–H and O–H groups in total. The van der Waals surface area contributed by atoms with Gasteiger partial charge in [-0.2, -0.15) is 0 Å². The van der Waals surface area contributed by atoms with Gasteiger partial charge in [0.05, 0.1) is 6.61 Å². The van der Waals surface area contributed by atoms with E-state index in [9.17, 15) is 9.59 Å². The zero-order chi connectivity index (χ0) is 10.1. The molecular formula is C8H14N2O3. The SMILES string of the molecule is CCC1(C)C(=O)NC(=O)N1CCO. The average Bonchev–Trinajstić information content (AvgIpc) is 2.31. The van der Waals surface area contributed by atoms with Crippen LogP contribution < -0.4 is 5.32 Å². The maximum atomic E-state index is 11.4. The second-order valence-corrected chi connectivity index (χ2v) is 3.26. The Morgan fingerprint density at radius 2 is 2.15 bits per heavy atom. The highest BCUT2D eigenvalue weighted by molar-refractivity contribution is 6.06. The average molecular weight is 186 g/mol. The number of hydrogen-bond donors (Lipinski definition) is 2. The molecule has 5 heteroatoms. The molecule has 1 saturated heterocycles. The van der Waals surface area contributed by atoms with Crippen molar-refractivity contribution in [2.75, 3.05) is 13.2 Å². The molecule has 0 aliphatic carbocycles. The summed E-state index contributed by atoms with van der Waals surface area (Å²) in [5, 5.41) is 11.0. The summed E-state index contributed by atoms with van der Waals surface area (Å²) in [5.74, 6) is -0.284. The Hall–Kier alpha value is -1.10. The lowest BCUT2D eigenvalue weighted by Crippen LogP contribution is -2.47. The third kappa shape index (κ3) is 1.39. The van der Waals surface area contributed by atoms with Crippen molar-refractivity contribution < 1.29 is 14.7 Å². The third-order valence-corrected chi connectivity index (χ3v) is 2.56. The first kappa shape index (κ1) is 9.98. The summed E-state index contributed by atoms with van der Waals surface area (Å²) in [4.78, 5) is 24.0. The van der Waals surface area contributed by atoms with Gasteiger partial charge in [-0.3, -0.25) is 10.1 Å². The fraction of sp³-hybridized carbons (Fsp3) is 0.750. The van der Waals surface area contributed by atoms with E-state index >= 15 is 0 Å². The van der Waals surface area contributed by atoms with E-state index in [0.29, 0.717) is 6.42 Å². The Balaban J connectivity index is 2.89. The number of aliphatic hydroxyl groups excluding tert-OH is 1. The molecule has 0 aromatic heterocycles. The van der Waals surface area contributed by atoms with Gasteiger partial charge in [0.1, 0.15) is 5.54 Å². The van der Waals surface area contributed by atoms with Gasteiger partial charge in [-0.1, -0.05) is 6.92 Å². The van der Waals surface area contributed by atoms with Crippen LogP contribution in [0.4, 0.5) is 4.79 Å². The van der Waals surface area contributed by atoms with E-state index in [2.05, 4.69) is 5.32 Å². The van der Waals surface area contributed by atoms with E-state index in [1.165, 1.54) is 4.90 Å². The molecule has 1 atom stereocenters. The molecule has 74 valence electrons. The van der Waals surface area contributed by atoms with Gasteiger partial charge in [0, 0.05) is 6.54 Å². The van der Waals surface area contributed by atoms with Gasteiger partial charge in [-0.25, -0.2) is 4.79 Å². The molecule has 0 bridgehead atoms. The molecule has 3 amide bonds. The van der Waals surface area contributed by atoms with Gasteiger partial charge in [0.25, 0.3) is 5.91 Å². The zero-order valence-corrected chi connectivity index (χ0v) is 7.83. The summed E-state index contributed by atoms with van der Waals surface area (Å²) < 4.78 is 0. The number of carbonyl (C=O) groups is 2. The van der Waals surface area contributed by atoms with Crippen LogP contribution in [-0.4, -0.2) is 40.6 Å². The topological polar surface area (TPSA) is 69.6 Å². The summed E-state index contributed by atoms with van der Waals surface area (Å²) >= 11 is 0. The first-order chi connectivity index (χ1) is 6.06. The van der Waals surface area contributed by atoms with Crippen molar-refractivity contribution in [3.8, 4) is 0 Å². The molecule has 0 aromatic carbocycles. The predicted molar refractivity (Wildman–Crippen MR) is 46.0 cm³/mol. The maximum Gasteiger partial charge on any atom is 0.325 e. The van der Waals surface area contributed by atoms with Crippen molar-refractivity contribution >= 4 is 11.9 Å². The zero-order valence-electron chi connectivity index (χ0n) is 7.83. The third-order valence-electron chi connectivity index (χ3n) is 2.56. The molecule has 0 aromatic rings. The number of amides is 3. The quantitative estimate of drug-likeness (QED) is 0.594. The van der Waals surface area contributed by atoms with Gasteiger partial charge in [-0.15, -0.1) is 0 Å². The summed E-state index contributed by atoms with van der Waals surface area (Å²) in [5.41, 5.74) is -0.792. The van der Waals surface area contributed by atoms with Gasteiger partial charge >= 0.3 is 6.03 Å². The molecule has 13 heavy (non-hydrogen) atoms. The van der Waals surface area contributed by atoms with Gasteiger partial charge < -0.3 is 10.0 Å². The first-order valence-corrected chi connectivity index (χ1v) is 4.30. The monoisotopic (exact) mass is 186 g/mol. The molecule has 1 aliphatic rings. The number of β-amino-alcohol motifs (C(OH)–C–C–N with tert-alkyl or cyclic N) is 1. The van der Waals surface area contributed by atoms with Crippen LogP contribution in [0.5, 0.6) is 0 Å². The fourth-order valence-corrected chi connectivity index (χ4v) is 1.45. The second-order valence-electron chi connectivity index (χ2n) is 3.26. The first-order valence-electron chi connectivity index (χ1n) is 4.30. The Kier molecular flexibility index (Phi) is 2.56. The molecule has 1 heterocycles.